The largest absolute Gasteiger partial charge is 0.497 e. The maximum absolute atomic E-state index is 12.9. The molecule has 6 nitrogen and oxygen atoms in total. The molecule has 0 aliphatic heterocycles. The van der Waals surface area contributed by atoms with Crippen LogP contribution in [0.5, 0.6) is 11.5 Å². The molecule has 0 spiro atoms. The number of rotatable bonds is 7. The molecule has 136 valence electrons. The number of hydrogen-bond donors (Lipinski definition) is 2. The molecule has 0 radical (unpaired) electrons. The highest BCUT2D eigenvalue weighted by Crippen LogP contribution is 2.49. The van der Waals surface area contributed by atoms with Crippen molar-refractivity contribution in [1.82, 2.24) is 5.32 Å². The molecule has 2 aromatic carbocycles. The molecule has 2 N–H and O–H groups in total. The van der Waals surface area contributed by atoms with Crippen molar-refractivity contribution in [2.75, 3.05) is 14.2 Å². The Morgan fingerprint density at radius 2 is 1.69 bits per heavy atom. The van der Waals surface area contributed by atoms with Crippen LogP contribution in [0.15, 0.2) is 48.5 Å². The lowest BCUT2D eigenvalue weighted by Crippen LogP contribution is -2.40. The van der Waals surface area contributed by atoms with Crippen LogP contribution in [0.25, 0.3) is 0 Å². The third kappa shape index (κ3) is 3.35. The van der Waals surface area contributed by atoms with Gasteiger partial charge in [-0.25, -0.2) is 4.79 Å². The number of aliphatic carboxylic acids is 1. The summed E-state index contributed by atoms with van der Waals surface area (Å²) in [6.45, 7) is 0. The molecular formula is C20H21NO5. The van der Waals surface area contributed by atoms with E-state index in [2.05, 4.69) is 5.32 Å². The molecule has 1 atom stereocenters. The van der Waals surface area contributed by atoms with Crippen molar-refractivity contribution in [2.45, 2.75) is 24.3 Å². The molecule has 0 heterocycles. The topological polar surface area (TPSA) is 84.9 Å². The molecule has 1 aliphatic rings. The highest BCUT2D eigenvalue weighted by molar-refractivity contribution is 5.94. The molecule has 1 aliphatic carbocycles. The average Bonchev–Trinajstić information content (AvgIpc) is 3.48. The number of methoxy groups -OCH3 is 2. The van der Waals surface area contributed by atoms with Gasteiger partial charge in [0.15, 0.2) is 6.04 Å². The molecule has 1 fully saturated rings. The third-order valence-corrected chi connectivity index (χ3v) is 4.78. The van der Waals surface area contributed by atoms with Crippen LogP contribution in [-0.4, -0.2) is 31.2 Å². The van der Waals surface area contributed by atoms with Crippen molar-refractivity contribution in [2.24, 2.45) is 0 Å². The Morgan fingerprint density at radius 3 is 2.23 bits per heavy atom. The van der Waals surface area contributed by atoms with E-state index in [1.165, 1.54) is 7.11 Å². The van der Waals surface area contributed by atoms with E-state index < -0.39 is 17.4 Å². The number of carboxylic acid groups (broad SMARTS) is 1. The van der Waals surface area contributed by atoms with Gasteiger partial charge in [-0.15, -0.1) is 0 Å². The predicted molar refractivity (Wildman–Crippen MR) is 95.4 cm³/mol. The Balaban J connectivity index is 1.82. The van der Waals surface area contributed by atoms with Crippen LogP contribution in [0.3, 0.4) is 0 Å². The minimum absolute atomic E-state index is 0.280. The normalized spacial score (nSPS) is 15.6. The van der Waals surface area contributed by atoms with Crippen molar-refractivity contribution in [3.63, 3.8) is 0 Å². The van der Waals surface area contributed by atoms with Crippen LogP contribution in [0.1, 0.15) is 30.0 Å². The summed E-state index contributed by atoms with van der Waals surface area (Å²) >= 11 is 0. The van der Waals surface area contributed by atoms with Crippen LogP contribution in [-0.2, 0) is 15.0 Å². The molecule has 0 bridgehead atoms. The maximum Gasteiger partial charge on any atom is 0.330 e. The maximum atomic E-state index is 12.9. The first-order chi connectivity index (χ1) is 12.5. The Kier molecular flexibility index (Phi) is 4.84. The lowest BCUT2D eigenvalue weighted by molar-refractivity contribution is -0.142. The standard InChI is InChI=1S/C20H21NO5/c1-25-15-8-6-14(7-9-15)20(10-11-20)19(24)21-17(18(22)23)13-4-3-5-16(12-13)26-2/h3-9,12,17H,10-11H2,1-2H3,(H,21,24)(H,22,23). The number of amides is 1. The number of hydrogen-bond acceptors (Lipinski definition) is 4. The number of ether oxygens (including phenoxy) is 2. The molecule has 26 heavy (non-hydrogen) atoms. The van der Waals surface area contributed by atoms with Crippen LogP contribution in [0.2, 0.25) is 0 Å². The number of benzene rings is 2. The summed E-state index contributed by atoms with van der Waals surface area (Å²) in [7, 11) is 3.09. The number of carbonyl (C=O) groups is 2. The van der Waals surface area contributed by atoms with Gasteiger partial charge in [0.1, 0.15) is 11.5 Å². The van der Waals surface area contributed by atoms with Gasteiger partial charge in [-0.2, -0.15) is 0 Å². The van der Waals surface area contributed by atoms with Crippen LogP contribution in [0.4, 0.5) is 0 Å². The molecule has 0 saturated heterocycles. The number of carboxylic acids is 1. The fourth-order valence-electron chi connectivity index (χ4n) is 3.06. The Morgan fingerprint density at radius 1 is 1.04 bits per heavy atom. The zero-order valence-corrected chi connectivity index (χ0v) is 14.7. The smallest absolute Gasteiger partial charge is 0.330 e. The van der Waals surface area contributed by atoms with Crippen LogP contribution in [0, 0.1) is 0 Å². The van der Waals surface area contributed by atoms with E-state index >= 15 is 0 Å². The summed E-state index contributed by atoms with van der Waals surface area (Å²) in [6.07, 6.45) is 1.38. The minimum Gasteiger partial charge on any atom is -0.497 e. The average molecular weight is 355 g/mol. The molecule has 1 unspecified atom stereocenters. The lowest BCUT2D eigenvalue weighted by atomic mass is 9.94. The van der Waals surface area contributed by atoms with Crippen molar-refractivity contribution in [1.29, 1.82) is 0 Å². The zero-order chi connectivity index (χ0) is 18.7. The van der Waals surface area contributed by atoms with E-state index in [4.69, 9.17) is 9.47 Å². The zero-order valence-electron chi connectivity index (χ0n) is 14.7. The second-order valence-electron chi connectivity index (χ2n) is 6.33. The summed E-state index contributed by atoms with van der Waals surface area (Å²) in [5.74, 6) is -0.140. The number of carbonyl (C=O) groups excluding carboxylic acids is 1. The molecule has 1 amide bonds. The molecule has 1 saturated carbocycles. The molecule has 6 heteroatoms. The second-order valence-corrected chi connectivity index (χ2v) is 6.33. The summed E-state index contributed by atoms with van der Waals surface area (Å²) in [5, 5.41) is 12.3. The quantitative estimate of drug-likeness (QED) is 0.798. The van der Waals surface area contributed by atoms with Crippen molar-refractivity contribution in [3.05, 3.63) is 59.7 Å². The van der Waals surface area contributed by atoms with Gasteiger partial charge in [-0.1, -0.05) is 24.3 Å². The van der Waals surface area contributed by atoms with Crippen LogP contribution < -0.4 is 14.8 Å². The van der Waals surface area contributed by atoms with Gasteiger partial charge in [0.2, 0.25) is 5.91 Å². The van der Waals surface area contributed by atoms with Gasteiger partial charge in [-0.05, 0) is 48.2 Å². The van der Waals surface area contributed by atoms with Crippen molar-refractivity contribution >= 4 is 11.9 Å². The first-order valence-electron chi connectivity index (χ1n) is 8.32. The Labute approximate surface area is 151 Å². The number of nitrogens with one attached hydrogen (secondary N) is 1. The second kappa shape index (κ2) is 7.07. The summed E-state index contributed by atoms with van der Waals surface area (Å²) in [6, 6.07) is 12.9. The molecular weight excluding hydrogens is 334 g/mol. The highest BCUT2D eigenvalue weighted by Gasteiger charge is 2.52. The predicted octanol–water partition coefficient (Wildman–Crippen LogP) is 2.68. The SMILES string of the molecule is COc1ccc(C2(C(=O)NC(C(=O)O)c3cccc(OC)c3)CC2)cc1. The van der Waals surface area contributed by atoms with E-state index in [9.17, 15) is 14.7 Å². The van der Waals surface area contributed by atoms with Crippen molar-refractivity contribution in [3.8, 4) is 11.5 Å². The molecule has 0 aromatic heterocycles. The van der Waals surface area contributed by atoms with Gasteiger partial charge in [0.25, 0.3) is 0 Å². The van der Waals surface area contributed by atoms with E-state index in [0.717, 1.165) is 5.56 Å². The summed E-state index contributed by atoms with van der Waals surface area (Å²) < 4.78 is 10.3. The minimum atomic E-state index is -1.13. The highest BCUT2D eigenvalue weighted by atomic mass is 16.5. The first kappa shape index (κ1) is 17.8. The van der Waals surface area contributed by atoms with Gasteiger partial charge in [0, 0.05) is 0 Å². The monoisotopic (exact) mass is 355 g/mol. The Bertz CT molecular complexity index is 811. The van der Waals surface area contributed by atoms with Gasteiger partial charge in [-0.3, -0.25) is 4.79 Å². The van der Waals surface area contributed by atoms with Crippen LogP contribution >= 0.6 is 0 Å². The van der Waals surface area contributed by atoms with E-state index in [0.29, 0.717) is 29.9 Å². The fraction of sp³-hybridized carbons (Fsp3) is 0.300. The van der Waals surface area contributed by atoms with Gasteiger partial charge in [0.05, 0.1) is 19.6 Å². The van der Waals surface area contributed by atoms with E-state index in [-0.39, 0.29) is 5.91 Å². The first-order valence-corrected chi connectivity index (χ1v) is 8.32. The van der Waals surface area contributed by atoms with Crippen molar-refractivity contribution < 1.29 is 24.2 Å². The lowest BCUT2D eigenvalue weighted by Gasteiger charge is -2.21. The molecule has 2 aromatic rings. The Hall–Kier alpha value is -3.02. The summed E-state index contributed by atoms with van der Waals surface area (Å²) in [4.78, 5) is 24.6. The van der Waals surface area contributed by atoms with E-state index in [1.54, 1.807) is 43.5 Å². The van der Waals surface area contributed by atoms with Gasteiger partial charge >= 0.3 is 5.97 Å². The van der Waals surface area contributed by atoms with E-state index in [1.807, 2.05) is 12.1 Å². The fourth-order valence-corrected chi connectivity index (χ4v) is 3.06. The molecule has 3 rings (SSSR count). The summed E-state index contributed by atoms with van der Waals surface area (Å²) in [5.41, 5.74) is 0.667. The van der Waals surface area contributed by atoms with Gasteiger partial charge < -0.3 is 19.9 Å². The third-order valence-electron chi connectivity index (χ3n) is 4.78.